The molecule has 0 fully saturated rings. The Labute approximate surface area is 165 Å². The van der Waals surface area contributed by atoms with Crippen molar-refractivity contribution in [3.8, 4) is 5.75 Å². The van der Waals surface area contributed by atoms with Crippen molar-refractivity contribution >= 4 is 21.6 Å². The molecule has 0 N–H and O–H groups in total. The average molecular weight is 423 g/mol. The molecule has 0 saturated heterocycles. The van der Waals surface area contributed by atoms with Crippen LogP contribution in [-0.2, 0) is 0 Å². The molecule has 0 amide bonds. The number of benzene rings is 3. The summed E-state index contributed by atoms with van der Waals surface area (Å²) in [6.07, 6.45) is 0.429. The maximum Gasteiger partial charge on any atom is 0.213 e. The molecule has 3 nitrogen and oxygen atoms in total. The van der Waals surface area contributed by atoms with Crippen molar-refractivity contribution in [3.05, 3.63) is 99.8 Å². The van der Waals surface area contributed by atoms with Crippen molar-refractivity contribution < 1.29 is 9.13 Å². The number of para-hydroxylation sites is 1. The van der Waals surface area contributed by atoms with Gasteiger partial charge in [-0.3, -0.25) is 0 Å². The summed E-state index contributed by atoms with van der Waals surface area (Å²) in [5.41, 5.74) is 4.14. The van der Waals surface area contributed by atoms with Gasteiger partial charge < -0.3 is 4.74 Å². The molecule has 3 aromatic rings. The summed E-state index contributed by atoms with van der Waals surface area (Å²) in [7, 11) is 0. The van der Waals surface area contributed by atoms with Gasteiger partial charge in [0.05, 0.1) is 11.8 Å². The first-order valence-corrected chi connectivity index (χ1v) is 9.61. The highest BCUT2D eigenvalue weighted by molar-refractivity contribution is 9.10. The predicted octanol–water partition coefficient (Wildman–Crippen LogP) is 5.83. The molecule has 2 aliphatic rings. The summed E-state index contributed by atoms with van der Waals surface area (Å²) in [6.45, 7) is 0. The molecule has 0 aliphatic carbocycles. The van der Waals surface area contributed by atoms with E-state index in [0.29, 0.717) is 0 Å². The molecule has 2 aliphatic heterocycles. The Morgan fingerprint density at radius 2 is 1.70 bits per heavy atom. The van der Waals surface area contributed by atoms with Gasteiger partial charge in [-0.15, -0.1) is 0 Å². The SMILES string of the molecule is Fc1ccc([C@@H]2Oc3ccccc3[C@H]3CC(c4ccc(Br)cc4)=NN32)cc1. The Balaban J connectivity index is 1.58. The zero-order valence-corrected chi connectivity index (χ0v) is 15.9. The van der Waals surface area contributed by atoms with E-state index in [1.54, 1.807) is 12.1 Å². The lowest BCUT2D eigenvalue weighted by Crippen LogP contribution is -2.33. The van der Waals surface area contributed by atoms with Gasteiger partial charge in [0, 0.05) is 22.0 Å². The van der Waals surface area contributed by atoms with Crippen LogP contribution in [0, 0.1) is 5.82 Å². The first-order chi connectivity index (χ1) is 13.2. The summed E-state index contributed by atoms with van der Waals surface area (Å²) in [5.74, 6) is 0.604. The molecule has 0 bridgehead atoms. The smallest absolute Gasteiger partial charge is 0.213 e. The molecule has 2 atom stereocenters. The van der Waals surface area contributed by atoms with Crippen molar-refractivity contribution in [2.24, 2.45) is 5.10 Å². The normalized spacial score (nSPS) is 20.5. The van der Waals surface area contributed by atoms with E-state index in [-0.39, 0.29) is 18.1 Å². The fourth-order valence-electron chi connectivity index (χ4n) is 3.70. The number of rotatable bonds is 2. The molecule has 0 spiro atoms. The van der Waals surface area contributed by atoms with E-state index in [1.807, 2.05) is 35.3 Å². The minimum atomic E-state index is -0.376. The van der Waals surface area contributed by atoms with E-state index in [0.717, 1.165) is 39.0 Å². The third kappa shape index (κ3) is 2.92. The number of hydrogen-bond acceptors (Lipinski definition) is 3. The quantitative estimate of drug-likeness (QED) is 0.518. The van der Waals surface area contributed by atoms with Crippen LogP contribution in [0.3, 0.4) is 0 Å². The van der Waals surface area contributed by atoms with E-state index >= 15 is 0 Å². The van der Waals surface area contributed by atoms with Crippen LogP contribution >= 0.6 is 15.9 Å². The van der Waals surface area contributed by atoms with Crippen LogP contribution in [0.4, 0.5) is 4.39 Å². The van der Waals surface area contributed by atoms with Gasteiger partial charge in [-0.05, 0) is 35.9 Å². The Bertz CT molecular complexity index is 1020. The van der Waals surface area contributed by atoms with E-state index in [4.69, 9.17) is 9.84 Å². The predicted molar refractivity (Wildman–Crippen MR) is 106 cm³/mol. The minimum absolute atomic E-state index is 0.101. The van der Waals surface area contributed by atoms with Crippen molar-refractivity contribution in [1.82, 2.24) is 5.01 Å². The van der Waals surface area contributed by atoms with Gasteiger partial charge in [-0.25, -0.2) is 9.40 Å². The third-order valence-corrected chi connectivity index (χ3v) is 5.56. The van der Waals surface area contributed by atoms with Gasteiger partial charge in [0.25, 0.3) is 0 Å². The van der Waals surface area contributed by atoms with Crippen molar-refractivity contribution in [1.29, 1.82) is 0 Å². The van der Waals surface area contributed by atoms with Gasteiger partial charge >= 0.3 is 0 Å². The second-order valence-corrected chi connectivity index (χ2v) is 7.63. The second kappa shape index (κ2) is 6.50. The molecule has 0 radical (unpaired) electrons. The van der Waals surface area contributed by atoms with Gasteiger partial charge in [-0.1, -0.05) is 58.4 Å². The lowest BCUT2D eigenvalue weighted by Gasteiger charge is -2.38. The number of ether oxygens (including phenoxy) is 1. The van der Waals surface area contributed by atoms with Crippen molar-refractivity contribution in [2.45, 2.75) is 18.7 Å². The highest BCUT2D eigenvalue weighted by Crippen LogP contribution is 2.47. The van der Waals surface area contributed by atoms with Crippen molar-refractivity contribution in [3.63, 3.8) is 0 Å². The molecule has 2 heterocycles. The zero-order chi connectivity index (χ0) is 18.4. The van der Waals surface area contributed by atoms with Crippen LogP contribution in [0.2, 0.25) is 0 Å². The molecular formula is C22H16BrFN2O. The molecule has 134 valence electrons. The summed E-state index contributed by atoms with van der Waals surface area (Å²) < 4.78 is 20.7. The van der Waals surface area contributed by atoms with Gasteiger partial charge in [-0.2, -0.15) is 5.10 Å². The van der Waals surface area contributed by atoms with E-state index in [1.165, 1.54) is 12.1 Å². The lowest BCUT2D eigenvalue weighted by atomic mass is 9.96. The Hall–Kier alpha value is -2.66. The molecule has 0 aromatic heterocycles. The molecular weight excluding hydrogens is 407 g/mol. The molecule has 3 aromatic carbocycles. The lowest BCUT2D eigenvalue weighted by molar-refractivity contribution is -0.0190. The largest absolute Gasteiger partial charge is 0.464 e. The zero-order valence-electron chi connectivity index (χ0n) is 14.3. The van der Waals surface area contributed by atoms with Crippen molar-refractivity contribution in [2.75, 3.05) is 0 Å². The standard InChI is InChI=1S/C22H16BrFN2O/c23-16-9-5-14(6-10-16)19-13-20-18-3-1-2-4-21(18)27-22(26(20)25-19)15-7-11-17(24)12-8-15/h1-12,20,22H,13H2/t20-,22+/m1/s1. The minimum Gasteiger partial charge on any atom is -0.464 e. The third-order valence-electron chi connectivity index (χ3n) is 5.03. The maximum atomic E-state index is 13.4. The molecule has 27 heavy (non-hydrogen) atoms. The first kappa shape index (κ1) is 16.5. The maximum absolute atomic E-state index is 13.4. The fraction of sp³-hybridized carbons (Fsp3) is 0.136. The second-order valence-electron chi connectivity index (χ2n) is 6.71. The Kier molecular flexibility index (Phi) is 3.97. The van der Waals surface area contributed by atoms with E-state index in [2.05, 4.69) is 34.1 Å². The molecule has 0 saturated carbocycles. The summed E-state index contributed by atoms with van der Waals surface area (Å²) >= 11 is 3.48. The van der Waals surface area contributed by atoms with E-state index < -0.39 is 0 Å². The highest BCUT2D eigenvalue weighted by atomic mass is 79.9. The topological polar surface area (TPSA) is 24.8 Å². The Morgan fingerprint density at radius 1 is 0.963 bits per heavy atom. The Morgan fingerprint density at radius 3 is 2.48 bits per heavy atom. The van der Waals surface area contributed by atoms with E-state index in [9.17, 15) is 4.39 Å². The molecule has 0 unspecified atom stereocenters. The molecule has 5 heteroatoms. The van der Waals surface area contributed by atoms with Crippen LogP contribution in [-0.4, -0.2) is 10.7 Å². The average Bonchev–Trinajstić information content (AvgIpc) is 3.14. The number of fused-ring (bicyclic) bond motifs is 3. The van der Waals surface area contributed by atoms with Crippen LogP contribution in [0.15, 0.2) is 82.4 Å². The summed E-state index contributed by atoms with van der Waals surface area (Å²) in [5, 5.41) is 6.91. The monoisotopic (exact) mass is 422 g/mol. The number of halogens is 2. The summed E-state index contributed by atoms with van der Waals surface area (Å²) in [4.78, 5) is 0. The first-order valence-electron chi connectivity index (χ1n) is 8.82. The van der Waals surface area contributed by atoms with Crippen LogP contribution in [0.25, 0.3) is 0 Å². The van der Waals surface area contributed by atoms with Crippen LogP contribution in [0.1, 0.15) is 35.4 Å². The van der Waals surface area contributed by atoms with Crippen LogP contribution < -0.4 is 4.74 Å². The molecule has 5 rings (SSSR count). The number of nitrogens with zero attached hydrogens (tertiary/aromatic N) is 2. The number of hydrazone groups is 1. The number of hydrogen-bond donors (Lipinski definition) is 0. The van der Waals surface area contributed by atoms with Gasteiger partial charge in [0.15, 0.2) is 0 Å². The highest BCUT2D eigenvalue weighted by Gasteiger charge is 2.40. The fourth-order valence-corrected chi connectivity index (χ4v) is 3.96. The van der Waals surface area contributed by atoms with Gasteiger partial charge in [0.1, 0.15) is 11.6 Å². The summed E-state index contributed by atoms with van der Waals surface area (Å²) in [6, 6.07) is 22.8. The van der Waals surface area contributed by atoms with Gasteiger partial charge in [0.2, 0.25) is 6.23 Å². The van der Waals surface area contributed by atoms with Crippen LogP contribution in [0.5, 0.6) is 5.75 Å².